The molecular formula is C14H19Br2NO. The number of benzene rings is 1. The van der Waals surface area contributed by atoms with E-state index in [0.29, 0.717) is 0 Å². The van der Waals surface area contributed by atoms with Gasteiger partial charge in [0.25, 0.3) is 5.91 Å². The Labute approximate surface area is 126 Å². The van der Waals surface area contributed by atoms with Crippen LogP contribution in [-0.4, -0.2) is 29.7 Å². The molecule has 1 amide bonds. The Morgan fingerprint density at radius 2 is 2.00 bits per heavy atom. The summed E-state index contributed by atoms with van der Waals surface area (Å²) in [6.07, 6.45) is 3.37. The molecule has 1 rings (SSSR count). The highest BCUT2D eigenvalue weighted by Crippen LogP contribution is 2.20. The summed E-state index contributed by atoms with van der Waals surface area (Å²) in [6, 6.07) is 5.75. The predicted molar refractivity (Wildman–Crippen MR) is 83.5 cm³/mol. The lowest BCUT2D eigenvalue weighted by Gasteiger charge is -2.18. The smallest absolute Gasteiger partial charge is 0.253 e. The van der Waals surface area contributed by atoms with Crippen molar-refractivity contribution in [3.8, 4) is 0 Å². The number of alkyl halides is 1. The van der Waals surface area contributed by atoms with E-state index in [2.05, 4.69) is 31.9 Å². The number of carbonyl (C=O) groups excluding carboxylic acids is 1. The molecule has 0 saturated heterocycles. The fourth-order valence-electron chi connectivity index (χ4n) is 1.77. The van der Waals surface area contributed by atoms with E-state index in [4.69, 9.17) is 0 Å². The maximum Gasteiger partial charge on any atom is 0.253 e. The molecule has 0 aliphatic rings. The molecule has 1 aromatic rings. The molecule has 0 atom stereocenters. The van der Waals surface area contributed by atoms with Crippen molar-refractivity contribution in [2.45, 2.75) is 26.2 Å². The molecule has 100 valence electrons. The van der Waals surface area contributed by atoms with Gasteiger partial charge < -0.3 is 4.90 Å². The van der Waals surface area contributed by atoms with Gasteiger partial charge in [-0.15, -0.1) is 0 Å². The maximum atomic E-state index is 12.3. The van der Waals surface area contributed by atoms with E-state index in [-0.39, 0.29) is 5.91 Å². The van der Waals surface area contributed by atoms with Gasteiger partial charge in [0, 0.05) is 29.0 Å². The van der Waals surface area contributed by atoms with Crippen molar-refractivity contribution >= 4 is 37.8 Å². The number of unbranched alkanes of at least 4 members (excludes halogenated alkanes) is 2. The third-order valence-corrected chi connectivity index (χ3v) is 4.39. The van der Waals surface area contributed by atoms with E-state index >= 15 is 0 Å². The van der Waals surface area contributed by atoms with Gasteiger partial charge in [0.2, 0.25) is 0 Å². The van der Waals surface area contributed by atoms with Gasteiger partial charge in [0.1, 0.15) is 0 Å². The summed E-state index contributed by atoms with van der Waals surface area (Å²) in [5.41, 5.74) is 1.79. The van der Waals surface area contributed by atoms with E-state index < -0.39 is 0 Å². The quantitative estimate of drug-likeness (QED) is 0.532. The van der Waals surface area contributed by atoms with Crippen molar-refractivity contribution < 1.29 is 4.79 Å². The Hall–Kier alpha value is -0.350. The van der Waals surface area contributed by atoms with E-state index in [0.717, 1.165) is 46.7 Å². The highest BCUT2D eigenvalue weighted by atomic mass is 79.9. The molecule has 0 fully saturated rings. The zero-order valence-electron chi connectivity index (χ0n) is 10.9. The largest absolute Gasteiger partial charge is 0.342 e. The fourth-order valence-corrected chi connectivity index (χ4v) is 2.53. The molecule has 0 bridgehead atoms. The molecule has 0 unspecified atom stereocenters. The number of hydrogen-bond acceptors (Lipinski definition) is 1. The van der Waals surface area contributed by atoms with Gasteiger partial charge in [-0.3, -0.25) is 4.79 Å². The highest BCUT2D eigenvalue weighted by molar-refractivity contribution is 9.10. The predicted octanol–water partition coefficient (Wildman–Crippen LogP) is 4.39. The third kappa shape index (κ3) is 4.39. The van der Waals surface area contributed by atoms with Crippen LogP contribution < -0.4 is 0 Å². The number of halogens is 2. The van der Waals surface area contributed by atoms with Gasteiger partial charge in [-0.25, -0.2) is 0 Å². The Morgan fingerprint density at radius 1 is 1.28 bits per heavy atom. The molecule has 18 heavy (non-hydrogen) atoms. The van der Waals surface area contributed by atoms with Crippen molar-refractivity contribution in [1.29, 1.82) is 0 Å². The van der Waals surface area contributed by atoms with Gasteiger partial charge in [-0.1, -0.05) is 44.3 Å². The van der Waals surface area contributed by atoms with Gasteiger partial charge in [0.15, 0.2) is 0 Å². The second-order valence-electron chi connectivity index (χ2n) is 4.39. The monoisotopic (exact) mass is 375 g/mol. The molecule has 4 heteroatoms. The van der Waals surface area contributed by atoms with Gasteiger partial charge >= 0.3 is 0 Å². The number of nitrogens with zero attached hydrogens (tertiary/aromatic N) is 1. The topological polar surface area (TPSA) is 20.3 Å². The van der Waals surface area contributed by atoms with E-state index in [1.54, 1.807) is 0 Å². The molecule has 1 aromatic carbocycles. The van der Waals surface area contributed by atoms with Crippen LogP contribution in [0.25, 0.3) is 0 Å². The Balaban J connectivity index is 2.60. The van der Waals surface area contributed by atoms with Crippen molar-refractivity contribution in [3.63, 3.8) is 0 Å². The van der Waals surface area contributed by atoms with Crippen molar-refractivity contribution in [2.75, 3.05) is 18.9 Å². The van der Waals surface area contributed by atoms with E-state index in [9.17, 15) is 4.79 Å². The first-order valence-electron chi connectivity index (χ1n) is 6.14. The second kappa shape index (κ2) is 7.95. The lowest BCUT2D eigenvalue weighted by atomic mass is 10.1. The number of amides is 1. The molecule has 2 nitrogen and oxygen atoms in total. The van der Waals surface area contributed by atoms with Crippen LogP contribution in [0, 0.1) is 6.92 Å². The van der Waals surface area contributed by atoms with Crippen LogP contribution >= 0.6 is 31.9 Å². The average Bonchev–Trinajstić information content (AvgIpc) is 2.37. The molecule has 0 aliphatic heterocycles. The maximum absolute atomic E-state index is 12.3. The number of carbonyl (C=O) groups is 1. The van der Waals surface area contributed by atoms with Crippen LogP contribution in [-0.2, 0) is 0 Å². The van der Waals surface area contributed by atoms with Crippen LogP contribution in [0.1, 0.15) is 35.2 Å². The Bertz CT molecular complexity index is 407. The molecule has 0 spiro atoms. The number of hydrogen-bond donors (Lipinski definition) is 0. The molecular weight excluding hydrogens is 358 g/mol. The van der Waals surface area contributed by atoms with Crippen LogP contribution in [0.2, 0.25) is 0 Å². The minimum Gasteiger partial charge on any atom is -0.342 e. The summed E-state index contributed by atoms with van der Waals surface area (Å²) in [4.78, 5) is 14.1. The van der Waals surface area contributed by atoms with Gasteiger partial charge in [0.05, 0.1) is 0 Å². The molecule has 0 heterocycles. The minimum atomic E-state index is 0.104. The van der Waals surface area contributed by atoms with Crippen LogP contribution in [0.15, 0.2) is 22.7 Å². The molecule has 0 N–H and O–H groups in total. The van der Waals surface area contributed by atoms with Gasteiger partial charge in [-0.05, 0) is 37.5 Å². The summed E-state index contributed by atoms with van der Waals surface area (Å²) in [6.45, 7) is 2.79. The normalized spacial score (nSPS) is 10.4. The SMILES string of the molecule is Cc1c(Br)cccc1C(=O)N(C)CCCCCBr. The highest BCUT2D eigenvalue weighted by Gasteiger charge is 2.14. The lowest BCUT2D eigenvalue weighted by molar-refractivity contribution is 0.0792. The summed E-state index contributed by atoms with van der Waals surface area (Å²) in [7, 11) is 1.87. The van der Waals surface area contributed by atoms with E-state index in [1.807, 2.05) is 37.1 Å². The van der Waals surface area contributed by atoms with E-state index in [1.165, 1.54) is 0 Å². The first-order valence-corrected chi connectivity index (χ1v) is 8.06. The first kappa shape index (κ1) is 15.7. The van der Waals surface area contributed by atoms with Crippen LogP contribution in [0.5, 0.6) is 0 Å². The third-order valence-electron chi connectivity index (χ3n) is 2.97. The number of rotatable bonds is 6. The standard InChI is InChI=1S/C14H19Br2NO/c1-11-12(7-6-8-13(11)16)14(18)17(2)10-5-3-4-9-15/h6-8H,3-5,9-10H2,1-2H3. The first-order chi connectivity index (χ1) is 8.57. The van der Waals surface area contributed by atoms with Crippen LogP contribution in [0.3, 0.4) is 0 Å². The Morgan fingerprint density at radius 3 is 2.67 bits per heavy atom. The minimum absolute atomic E-state index is 0.104. The zero-order chi connectivity index (χ0) is 13.5. The molecule has 0 saturated carbocycles. The van der Waals surface area contributed by atoms with Crippen molar-refractivity contribution in [2.24, 2.45) is 0 Å². The van der Waals surface area contributed by atoms with Crippen molar-refractivity contribution in [3.05, 3.63) is 33.8 Å². The zero-order valence-corrected chi connectivity index (χ0v) is 14.1. The summed E-state index contributed by atoms with van der Waals surface area (Å²) in [5, 5.41) is 1.04. The second-order valence-corrected chi connectivity index (χ2v) is 6.04. The average molecular weight is 377 g/mol. The molecule has 0 radical (unpaired) electrons. The summed E-state index contributed by atoms with van der Waals surface area (Å²) >= 11 is 6.87. The van der Waals surface area contributed by atoms with Crippen molar-refractivity contribution in [1.82, 2.24) is 4.90 Å². The Kier molecular flexibility index (Phi) is 6.94. The fraction of sp³-hybridized carbons (Fsp3) is 0.500. The lowest BCUT2D eigenvalue weighted by Crippen LogP contribution is -2.28. The van der Waals surface area contributed by atoms with Crippen LogP contribution in [0.4, 0.5) is 0 Å². The van der Waals surface area contributed by atoms with Gasteiger partial charge in [-0.2, -0.15) is 0 Å². The summed E-state index contributed by atoms with van der Waals surface area (Å²) in [5.74, 6) is 0.104. The molecule has 0 aromatic heterocycles. The summed E-state index contributed by atoms with van der Waals surface area (Å²) < 4.78 is 0.987. The molecule has 0 aliphatic carbocycles.